The number of aryl methyl sites for hydroxylation is 1. The zero-order chi connectivity index (χ0) is 29.3. The molecular formula is C26H31F3N10O2. The van der Waals surface area contributed by atoms with Gasteiger partial charge in [0.1, 0.15) is 11.3 Å². The molecule has 1 fully saturated rings. The molecule has 5 heterocycles. The van der Waals surface area contributed by atoms with E-state index >= 15 is 0 Å². The fourth-order valence-corrected chi connectivity index (χ4v) is 4.97. The number of fused-ring (bicyclic) bond motifs is 1. The van der Waals surface area contributed by atoms with Crippen LogP contribution in [0.15, 0.2) is 30.9 Å². The van der Waals surface area contributed by atoms with Gasteiger partial charge in [0, 0.05) is 62.8 Å². The molecule has 0 spiro atoms. The van der Waals surface area contributed by atoms with Crippen molar-refractivity contribution >= 4 is 34.3 Å². The number of nitrogens with one attached hydrogen (secondary N) is 3. The lowest BCUT2D eigenvalue weighted by atomic mass is 10.1. The van der Waals surface area contributed by atoms with Gasteiger partial charge in [-0.1, -0.05) is 6.92 Å². The standard InChI is InChI=1S/C26H31F3N10O2/c1-5-19(39-10-8-37(2)9-11-39)23(40)35-22-21-15(6-7-30-22)16(12-31-21)20-17(26(27,28)29)13-32-25(34-20)33-18-14-38(3)36-24(18)41-4/h6-7,12-14,19,31H,5,8-11H2,1-4H3,(H,30,35,40)(H,32,33,34). The molecule has 3 N–H and O–H groups in total. The summed E-state index contributed by atoms with van der Waals surface area (Å²) in [6.45, 7) is 5.21. The van der Waals surface area contributed by atoms with Crippen LogP contribution < -0.4 is 15.4 Å². The maximum absolute atomic E-state index is 14.1. The van der Waals surface area contributed by atoms with Crippen LogP contribution in [0, 0.1) is 0 Å². The number of alkyl halides is 3. The fraction of sp³-hybridized carbons (Fsp3) is 0.423. The summed E-state index contributed by atoms with van der Waals surface area (Å²) < 4.78 is 48.9. The Morgan fingerprint density at radius 3 is 2.63 bits per heavy atom. The molecule has 15 heteroatoms. The first-order chi connectivity index (χ1) is 19.6. The first kappa shape index (κ1) is 28.3. The quantitative estimate of drug-likeness (QED) is 0.291. The van der Waals surface area contributed by atoms with Crippen LogP contribution in [-0.2, 0) is 18.0 Å². The number of ether oxygens (including phenoxy) is 1. The van der Waals surface area contributed by atoms with Crippen LogP contribution in [0.25, 0.3) is 22.2 Å². The zero-order valence-electron chi connectivity index (χ0n) is 23.1. The van der Waals surface area contributed by atoms with Gasteiger partial charge in [-0.15, -0.1) is 5.10 Å². The van der Waals surface area contributed by atoms with Crippen molar-refractivity contribution in [1.82, 2.24) is 39.5 Å². The number of rotatable bonds is 8. The third-order valence-corrected chi connectivity index (χ3v) is 7.10. The second-order valence-corrected chi connectivity index (χ2v) is 9.84. The van der Waals surface area contributed by atoms with Crippen molar-refractivity contribution < 1.29 is 22.7 Å². The monoisotopic (exact) mass is 572 g/mol. The van der Waals surface area contributed by atoms with Crippen LogP contribution in [0.2, 0.25) is 0 Å². The van der Waals surface area contributed by atoms with E-state index in [1.807, 2.05) is 14.0 Å². The Morgan fingerprint density at radius 2 is 1.95 bits per heavy atom. The van der Waals surface area contributed by atoms with Crippen molar-refractivity contribution in [3.8, 4) is 17.1 Å². The molecule has 1 atom stereocenters. The minimum atomic E-state index is -4.72. The first-order valence-electron chi connectivity index (χ1n) is 13.1. The van der Waals surface area contributed by atoms with Crippen LogP contribution in [0.1, 0.15) is 18.9 Å². The summed E-state index contributed by atoms with van der Waals surface area (Å²) in [5, 5.41) is 10.3. The number of piperazine rings is 1. The molecule has 1 unspecified atom stereocenters. The third kappa shape index (κ3) is 5.81. The zero-order valence-corrected chi connectivity index (χ0v) is 23.1. The maximum Gasteiger partial charge on any atom is 0.419 e. The predicted octanol–water partition coefficient (Wildman–Crippen LogP) is 3.49. The highest BCUT2D eigenvalue weighted by molar-refractivity contribution is 6.05. The number of H-pyrrole nitrogens is 1. The summed E-state index contributed by atoms with van der Waals surface area (Å²) in [7, 11) is 5.15. The molecule has 4 aromatic rings. The van der Waals surface area contributed by atoms with Crippen LogP contribution in [0.5, 0.6) is 5.88 Å². The smallest absolute Gasteiger partial charge is 0.419 e. The Balaban J connectivity index is 1.49. The Labute approximate surface area is 233 Å². The summed E-state index contributed by atoms with van der Waals surface area (Å²) >= 11 is 0. The molecule has 0 bridgehead atoms. The number of aromatic amines is 1. The Kier molecular flexibility index (Phi) is 7.82. The van der Waals surface area contributed by atoms with Gasteiger partial charge in [0.15, 0.2) is 5.82 Å². The molecule has 1 aliphatic rings. The van der Waals surface area contributed by atoms with Gasteiger partial charge in [-0.25, -0.2) is 15.0 Å². The average Bonchev–Trinajstić information content (AvgIpc) is 3.53. The number of likely N-dealkylation sites (N-methyl/N-ethyl adjacent to an activating group) is 1. The molecular weight excluding hydrogens is 541 g/mol. The number of pyridine rings is 1. The lowest BCUT2D eigenvalue weighted by Gasteiger charge is -2.36. The summed E-state index contributed by atoms with van der Waals surface area (Å²) in [4.78, 5) is 33.1. The fourth-order valence-electron chi connectivity index (χ4n) is 4.97. The number of carbonyl (C=O) groups is 1. The number of hydrogen-bond acceptors (Lipinski definition) is 9. The Hall–Kier alpha value is -4.24. The molecule has 1 amide bonds. The highest BCUT2D eigenvalue weighted by Gasteiger charge is 2.36. The van der Waals surface area contributed by atoms with Crippen LogP contribution >= 0.6 is 0 Å². The lowest BCUT2D eigenvalue weighted by molar-refractivity contribution is -0.137. The topological polar surface area (TPSA) is 129 Å². The van der Waals surface area contributed by atoms with Gasteiger partial charge >= 0.3 is 6.18 Å². The molecule has 0 aliphatic carbocycles. The normalized spacial score (nSPS) is 15.7. The molecule has 12 nitrogen and oxygen atoms in total. The van der Waals surface area contributed by atoms with E-state index in [0.717, 1.165) is 32.4 Å². The van der Waals surface area contributed by atoms with Crippen molar-refractivity contribution in [2.24, 2.45) is 7.05 Å². The second-order valence-electron chi connectivity index (χ2n) is 9.84. The van der Waals surface area contributed by atoms with Gasteiger partial charge in [-0.2, -0.15) is 13.2 Å². The summed E-state index contributed by atoms with van der Waals surface area (Å²) in [6, 6.07) is 1.22. The molecule has 5 rings (SSSR count). The second kappa shape index (κ2) is 11.3. The number of aromatic nitrogens is 6. The number of amides is 1. The van der Waals surface area contributed by atoms with Crippen molar-refractivity contribution in [1.29, 1.82) is 0 Å². The van der Waals surface area contributed by atoms with Gasteiger partial charge in [-0.05, 0) is 19.5 Å². The average molecular weight is 573 g/mol. The molecule has 41 heavy (non-hydrogen) atoms. The van der Waals surface area contributed by atoms with E-state index in [4.69, 9.17) is 4.74 Å². The summed E-state index contributed by atoms with van der Waals surface area (Å²) in [5.41, 5.74) is -0.388. The third-order valence-electron chi connectivity index (χ3n) is 7.10. The van der Waals surface area contributed by atoms with E-state index in [1.54, 1.807) is 19.3 Å². The molecule has 0 saturated carbocycles. The van der Waals surface area contributed by atoms with Crippen molar-refractivity contribution in [2.45, 2.75) is 25.6 Å². The minimum absolute atomic E-state index is 0.0748. The molecule has 1 aliphatic heterocycles. The van der Waals surface area contributed by atoms with Gasteiger partial charge in [0.25, 0.3) is 5.88 Å². The van der Waals surface area contributed by atoms with E-state index in [2.05, 4.69) is 45.5 Å². The van der Waals surface area contributed by atoms with E-state index in [9.17, 15) is 18.0 Å². The van der Waals surface area contributed by atoms with Crippen molar-refractivity contribution in [3.05, 3.63) is 36.4 Å². The van der Waals surface area contributed by atoms with E-state index < -0.39 is 11.7 Å². The number of carbonyl (C=O) groups excluding carboxylic acids is 1. The molecule has 0 radical (unpaired) electrons. The number of methoxy groups -OCH3 is 1. The minimum Gasteiger partial charge on any atom is -0.478 e. The first-order valence-corrected chi connectivity index (χ1v) is 13.1. The van der Waals surface area contributed by atoms with Gasteiger partial charge in [-0.3, -0.25) is 14.4 Å². The number of nitrogens with zero attached hydrogens (tertiary/aromatic N) is 7. The summed E-state index contributed by atoms with van der Waals surface area (Å²) in [5.74, 6) is 0.169. The number of halogens is 3. The molecule has 1 saturated heterocycles. The van der Waals surface area contributed by atoms with E-state index in [0.29, 0.717) is 23.0 Å². The highest BCUT2D eigenvalue weighted by atomic mass is 19.4. The largest absolute Gasteiger partial charge is 0.478 e. The van der Waals surface area contributed by atoms with Crippen molar-refractivity contribution in [2.75, 3.05) is 51.0 Å². The Bertz CT molecular complexity index is 1540. The number of anilines is 3. The van der Waals surface area contributed by atoms with Gasteiger partial charge < -0.3 is 25.3 Å². The van der Waals surface area contributed by atoms with Gasteiger partial charge in [0.05, 0.1) is 30.6 Å². The van der Waals surface area contributed by atoms with Gasteiger partial charge in [0.2, 0.25) is 11.9 Å². The molecule has 4 aromatic heterocycles. The SMILES string of the molecule is CCC(C(=O)Nc1nccc2c(-c3nc(Nc4cn(C)nc4OC)ncc3C(F)(F)F)c[nH]c12)N1CCN(C)CC1. The molecule has 218 valence electrons. The maximum atomic E-state index is 14.1. The number of hydrogen-bond donors (Lipinski definition) is 3. The van der Waals surface area contributed by atoms with E-state index in [1.165, 1.54) is 24.2 Å². The summed E-state index contributed by atoms with van der Waals surface area (Å²) in [6.07, 6.45) is 1.08. The predicted molar refractivity (Wildman–Crippen MR) is 147 cm³/mol. The van der Waals surface area contributed by atoms with Crippen molar-refractivity contribution in [3.63, 3.8) is 0 Å². The van der Waals surface area contributed by atoms with E-state index in [-0.39, 0.29) is 40.9 Å². The Morgan fingerprint density at radius 1 is 1.20 bits per heavy atom. The highest BCUT2D eigenvalue weighted by Crippen LogP contribution is 2.40. The molecule has 0 aromatic carbocycles. The van der Waals surface area contributed by atoms with Crippen LogP contribution in [0.3, 0.4) is 0 Å². The van der Waals surface area contributed by atoms with Crippen LogP contribution in [0.4, 0.5) is 30.6 Å². The van der Waals surface area contributed by atoms with Crippen LogP contribution in [-0.4, -0.2) is 91.8 Å². The lowest BCUT2D eigenvalue weighted by Crippen LogP contribution is -2.52.